The van der Waals surface area contributed by atoms with Crippen molar-refractivity contribution in [1.29, 1.82) is 0 Å². The molecular weight excluding hydrogens is 172 g/mol. The van der Waals surface area contributed by atoms with E-state index in [0.717, 1.165) is 10.6 Å². The van der Waals surface area contributed by atoms with Gasteiger partial charge in [0.05, 0.1) is 0 Å². The molecule has 0 unspecified atom stereocenters. The number of thiol groups is 2. The van der Waals surface area contributed by atoms with Gasteiger partial charge in [-0.25, -0.2) is 0 Å². The summed E-state index contributed by atoms with van der Waals surface area (Å²) in [6, 6.07) is 4.19. The van der Waals surface area contributed by atoms with Crippen LogP contribution < -0.4 is 0 Å². The average Bonchev–Trinajstić information content (AvgIpc) is 2.01. The van der Waals surface area contributed by atoms with E-state index in [2.05, 4.69) is 51.2 Å². The van der Waals surface area contributed by atoms with Crippen molar-refractivity contribution in [2.75, 3.05) is 0 Å². The molecule has 60 valence electrons. The Balaban J connectivity index is 3.25. The molecule has 1 aromatic rings. The van der Waals surface area contributed by atoms with Gasteiger partial charge in [0.25, 0.3) is 0 Å². The zero-order valence-corrected chi connectivity index (χ0v) is 8.55. The first-order valence-corrected chi connectivity index (χ1v) is 4.63. The third-order valence-corrected chi connectivity index (χ3v) is 2.92. The summed E-state index contributed by atoms with van der Waals surface area (Å²) >= 11 is 8.62. The highest BCUT2D eigenvalue weighted by Gasteiger charge is 2.01. The maximum Gasteiger partial charge on any atom is 0.0165 e. The number of benzene rings is 1. The minimum Gasteiger partial charge on any atom is -0.175 e. The average molecular weight is 184 g/mol. The molecule has 0 nitrogen and oxygen atoms in total. The van der Waals surface area contributed by atoms with Crippen molar-refractivity contribution in [3.05, 3.63) is 28.8 Å². The molecule has 0 aromatic heterocycles. The standard InChI is InChI=1S/C9H12S2/c1-6-3-4-8(5-10)9(11)7(6)2/h3-4,10-11H,5H2,1-2H3. The molecule has 0 radical (unpaired) electrons. The molecule has 0 aliphatic rings. The number of hydrogen-bond donors (Lipinski definition) is 2. The van der Waals surface area contributed by atoms with Gasteiger partial charge < -0.3 is 0 Å². The van der Waals surface area contributed by atoms with Gasteiger partial charge in [-0.15, -0.1) is 12.6 Å². The van der Waals surface area contributed by atoms with Gasteiger partial charge in [-0.1, -0.05) is 12.1 Å². The van der Waals surface area contributed by atoms with Gasteiger partial charge in [0.15, 0.2) is 0 Å². The van der Waals surface area contributed by atoms with E-state index in [1.165, 1.54) is 16.7 Å². The molecule has 0 aliphatic heterocycles. The Morgan fingerprint density at radius 1 is 1.27 bits per heavy atom. The summed E-state index contributed by atoms with van der Waals surface area (Å²) in [4.78, 5) is 1.08. The van der Waals surface area contributed by atoms with Crippen LogP contribution in [0.25, 0.3) is 0 Å². The van der Waals surface area contributed by atoms with Crippen molar-refractivity contribution in [3.63, 3.8) is 0 Å². The fourth-order valence-electron chi connectivity index (χ4n) is 0.985. The van der Waals surface area contributed by atoms with E-state index < -0.39 is 0 Å². The molecule has 0 heterocycles. The normalized spacial score (nSPS) is 10.2. The first-order chi connectivity index (χ1) is 5.16. The summed E-state index contributed by atoms with van der Waals surface area (Å²) in [6.45, 7) is 4.18. The predicted octanol–water partition coefficient (Wildman–Crippen LogP) is 3.02. The maximum atomic E-state index is 4.41. The Bertz CT molecular complexity index is 267. The number of hydrogen-bond acceptors (Lipinski definition) is 2. The van der Waals surface area contributed by atoms with E-state index in [1.54, 1.807) is 0 Å². The number of aryl methyl sites for hydroxylation is 1. The molecule has 2 heteroatoms. The highest BCUT2D eigenvalue weighted by atomic mass is 32.1. The Morgan fingerprint density at radius 2 is 1.91 bits per heavy atom. The molecule has 1 aromatic carbocycles. The molecule has 0 spiro atoms. The lowest BCUT2D eigenvalue weighted by molar-refractivity contribution is 1.17. The van der Waals surface area contributed by atoms with Gasteiger partial charge in [0.1, 0.15) is 0 Å². The van der Waals surface area contributed by atoms with Crippen LogP contribution in [0.3, 0.4) is 0 Å². The van der Waals surface area contributed by atoms with Crippen LogP contribution >= 0.6 is 25.3 Å². The Hall–Kier alpha value is -0.0800. The summed E-state index contributed by atoms with van der Waals surface area (Å²) in [6.07, 6.45) is 0. The van der Waals surface area contributed by atoms with Gasteiger partial charge in [-0.3, -0.25) is 0 Å². The van der Waals surface area contributed by atoms with Gasteiger partial charge >= 0.3 is 0 Å². The first-order valence-electron chi connectivity index (χ1n) is 3.55. The van der Waals surface area contributed by atoms with Crippen LogP contribution in [0.15, 0.2) is 17.0 Å². The van der Waals surface area contributed by atoms with E-state index in [-0.39, 0.29) is 0 Å². The summed E-state index contributed by atoms with van der Waals surface area (Å²) in [5.74, 6) is 0.764. The topological polar surface area (TPSA) is 0 Å². The minimum absolute atomic E-state index is 0.764. The lowest BCUT2D eigenvalue weighted by Gasteiger charge is -2.07. The number of rotatable bonds is 1. The Labute approximate surface area is 78.8 Å². The van der Waals surface area contributed by atoms with Crippen LogP contribution in [-0.2, 0) is 5.75 Å². The minimum atomic E-state index is 0.764. The molecule has 11 heavy (non-hydrogen) atoms. The van der Waals surface area contributed by atoms with Crippen LogP contribution in [0.1, 0.15) is 16.7 Å². The Morgan fingerprint density at radius 3 is 2.45 bits per heavy atom. The van der Waals surface area contributed by atoms with Gasteiger partial charge in [0, 0.05) is 10.6 Å². The van der Waals surface area contributed by atoms with Crippen molar-refractivity contribution >= 4 is 25.3 Å². The summed E-state index contributed by atoms with van der Waals surface area (Å²) in [7, 11) is 0. The third kappa shape index (κ3) is 1.74. The van der Waals surface area contributed by atoms with E-state index in [4.69, 9.17) is 0 Å². The van der Waals surface area contributed by atoms with Crippen molar-refractivity contribution in [2.45, 2.75) is 24.5 Å². The van der Waals surface area contributed by atoms with Crippen molar-refractivity contribution in [2.24, 2.45) is 0 Å². The lowest BCUT2D eigenvalue weighted by Crippen LogP contribution is -1.88. The molecule has 0 amide bonds. The van der Waals surface area contributed by atoms with Crippen LogP contribution in [0.2, 0.25) is 0 Å². The largest absolute Gasteiger partial charge is 0.175 e. The smallest absolute Gasteiger partial charge is 0.0165 e. The van der Waals surface area contributed by atoms with Gasteiger partial charge in [0.2, 0.25) is 0 Å². The van der Waals surface area contributed by atoms with Crippen LogP contribution in [0, 0.1) is 13.8 Å². The second-order valence-electron chi connectivity index (χ2n) is 2.67. The van der Waals surface area contributed by atoms with E-state index in [9.17, 15) is 0 Å². The highest BCUT2D eigenvalue weighted by molar-refractivity contribution is 7.81. The maximum absolute atomic E-state index is 4.41. The van der Waals surface area contributed by atoms with Gasteiger partial charge in [-0.2, -0.15) is 12.6 Å². The van der Waals surface area contributed by atoms with E-state index >= 15 is 0 Å². The molecule has 0 saturated heterocycles. The van der Waals surface area contributed by atoms with Crippen molar-refractivity contribution in [3.8, 4) is 0 Å². The zero-order valence-electron chi connectivity index (χ0n) is 6.76. The van der Waals surface area contributed by atoms with Crippen LogP contribution in [0.5, 0.6) is 0 Å². The summed E-state index contributed by atoms with van der Waals surface area (Å²) < 4.78 is 0. The molecular formula is C9H12S2. The monoisotopic (exact) mass is 184 g/mol. The molecule has 0 saturated carbocycles. The molecule has 0 aliphatic carbocycles. The Kier molecular flexibility index (Phi) is 2.90. The fourth-order valence-corrected chi connectivity index (χ4v) is 1.70. The SMILES string of the molecule is Cc1ccc(CS)c(S)c1C. The summed E-state index contributed by atoms with van der Waals surface area (Å²) in [5.41, 5.74) is 3.76. The zero-order chi connectivity index (χ0) is 8.43. The molecule has 0 N–H and O–H groups in total. The second kappa shape index (κ2) is 3.55. The van der Waals surface area contributed by atoms with Crippen LogP contribution in [0.4, 0.5) is 0 Å². The molecule has 1 rings (SSSR count). The molecule has 0 atom stereocenters. The molecule has 0 fully saturated rings. The van der Waals surface area contributed by atoms with E-state index in [0.29, 0.717) is 0 Å². The fraction of sp³-hybridized carbons (Fsp3) is 0.333. The quantitative estimate of drug-likeness (QED) is 0.616. The predicted molar refractivity (Wildman–Crippen MR) is 55.9 cm³/mol. The highest BCUT2D eigenvalue weighted by Crippen LogP contribution is 2.22. The van der Waals surface area contributed by atoms with Crippen molar-refractivity contribution in [1.82, 2.24) is 0 Å². The third-order valence-electron chi connectivity index (χ3n) is 1.96. The summed E-state index contributed by atoms with van der Waals surface area (Å²) in [5, 5.41) is 0. The van der Waals surface area contributed by atoms with Crippen molar-refractivity contribution < 1.29 is 0 Å². The lowest BCUT2D eigenvalue weighted by atomic mass is 10.1. The first kappa shape index (κ1) is 9.01. The second-order valence-corrected chi connectivity index (χ2v) is 3.44. The molecule has 0 bridgehead atoms. The van der Waals surface area contributed by atoms with Crippen LogP contribution in [-0.4, -0.2) is 0 Å². The van der Waals surface area contributed by atoms with Gasteiger partial charge in [-0.05, 0) is 30.5 Å². The van der Waals surface area contributed by atoms with E-state index in [1.807, 2.05) is 0 Å².